The van der Waals surface area contributed by atoms with Crippen LogP contribution < -0.4 is 5.32 Å². The first-order valence-electron chi connectivity index (χ1n) is 7.83. The zero-order valence-corrected chi connectivity index (χ0v) is 14.0. The molecule has 1 amide bonds. The molecule has 1 atom stereocenters. The molecule has 5 nitrogen and oxygen atoms in total. The van der Waals surface area contributed by atoms with Gasteiger partial charge < -0.3 is 14.3 Å². The lowest BCUT2D eigenvalue weighted by Crippen LogP contribution is -2.26. The van der Waals surface area contributed by atoms with Crippen LogP contribution in [0.3, 0.4) is 0 Å². The van der Waals surface area contributed by atoms with Crippen LogP contribution >= 0.6 is 0 Å². The van der Waals surface area contributed by atoms with Crippen LogP contribution in [0.15, 0.2) is 33.2 Å². The van der Waals surface area contributed by atoms with Crippen molar-refractivity contribution in [3.05, 3.63) is 52.9 Å². The highest BCUT2D eigenvalue weighted by atomic mass is 19.1. The predicted molar refractivity (Wildman–Crippen MR) is 87.4 cm³/mol. The van der Waals surface area contributed by atoms with Crippen LogP contribution in [0, 0.1) is 12.7 Å². The Kier molecular flexibility index (Phi) is 4.13. The maximum absolute atomic E-state index is 13.4. The van der Waals surface area contributed by atoms with Gasteiger partial charge in [-0.2, -0.15) is 0 Å². The summed E-state index contributed by atoms with van der Waals surface area (Å²) in [6.45, 7) is 7.59. The second-order valence-electron chi connectivity index (χ2n) is 6.20. The third-order valence-corrected chi connectivity index (χ3v) is 4.02. The van der Waals surface area contributed by atoms with Gasteiger partial charge in [-0.15, -0.1) is 0 Å². The first-order chi connectivity index (χ1) is 11.4. The standard InChI is InChI=1S/C18H19FN2O3/c1-9(2)14-8-16(24-21-14)18(22)20-11(4)17-10(3)13-7-12(19)5-6-15(13)23-17/h5-9,11H,1-4H3,(H,20,22). The van der Waals surface area contributed by atoms with E-state index in [1.54, 1.807) is 19.1 Å². The number of amides is 1. The number of fused-ring (bicyclic) bond motifs is 1. The lowest BCUT2D eigenvalue weighted by Gasteiger charge is -2.11. The summed E-state index contributed by atoms with van der Waals surface area (Å²) in [6, 6.07) is 5.60. The smallest absolute Gasteiger partial charge is 0.290 e. The molecule has 1 N–H and O–H groups in total. The SMILES string of the molecule is Cc1c(C(C)NC(=O)c2cc(C(C)C)no2)oc2ccc(F)cc12. The number of aryl methyl sites for hydroxylation is 1. The minimum Gasteiger partial charge on any atom is -0.459 e. The average molecular weight is 330 g/mol. The molecule has 0 saturated carbocycles. The lowest BCUT2D eigenvalue weighted by molar-refractivity contribution is 0.0898. The summed E-state index contributed by atoms with van der Waals surface area (Å²) in [5.74, 6) is 0.239. The molecule has 1 aromatic carbocycles. The second-order valence-corrected chi connectivity index (χ2v) is 6.20. The second kappa shape index (κ2) is 6.11. The summed E-state index contributed by atoms with van der Waals surface area (Å²) in [5, 5.41) is 7.40. The third-order valence-electron chi connectivity index (χ3n) is 4.02. The zero-order chi connectivity index (χ0) is 17.4. The predicted octanol–water partition coefficient (Wildman–Crippen LogP) is 4.48. The van der Waals surface area contributed by atoms with E-state index in [9.17, 15) is 9.18 Å². The van der Waals surface area contributed by atoms with Gasteiger partial charge in [-0.05, 0) is 38.0 Å². The first kappa shape index (κ1) is 16.2. The Hall–Kier alpha value is -2.63. The van der Waals surface area contributed by atoms with Gasteiger partial charge in [0.1, 0.15) is 17.2 Å². The molecule has 2 aromatic heterocycles. The number of carbonyl (C=O) groups excluding carboxylic acids is 1. The average Bonchev–Trinajstić information content (AvgIpc) is 3.13. The summed E-state index contributed by atoms with van der Waals surface area (Å²) in [7, 11) is 0. The molecule has 24 heavy (non-hydrogen) atoms. The fourth-order valence-electron chi connectivity index (χ4n) is 2.63. The maximum atomic E-state index is 13.4. The Morgan fingerprint density at radius 3 is 2.67 bits per heavy atom. The van der Waals surface area contributed by atoms with E-state index >= 15 is 0 Å². The van der Waals surface area contributed by atoms with E-state index in [0.717, 1.165) is 11.3 Å². The van der Waals surface area contributed by atoms with E-state index < -0.39 is 0 Å². The first-order valence-corrected chi connectivity index (χ1v) is 7.83. The summed E-state index contributed by atoms with van der Waals surface area (Å²) in [4.78, 5) is 12.3. The minimum atomic E-state index is -0.388. The van der Waals surface area contributed by atoms with Crippen molar-refractivity contribution in [2.75, 3.05) is 0 Å². The molecule has 0 fully saturated rings. The molecule has 6 heteroatoms. The molecular formula is C18H19FN2O3. The summed E-state index contributed by atoms with van der Waals surface area (Å²) >= 11 is 0. The Bertz CT molecular complexity index is 895. The number of nitrogens with one attached hydrogen (secondary N) is 1. The topological polar surface area (TPSA) is 68.3 Å². The highest BCUT2D eigenvalue weighted by Gasteiger charge is 2.21. The van der Waals surface area contributed by atoms with E-state index in [1.165, 1.54) is 12.1 Å². The quantitative estimate of drug-likeness (QED) is 0.765. The Balaban J connectivity index is 1.82. The number of halogens is 1. The van der Waals surface area contributed by atoms with Crippen LogP contribution in [0.5, 0.6) is 0 Å². The maximum Gasteiger partial charge on any atom is 0.290 e. The van der Waals surface area contributed by atoms with Gasteiger partial charge in [0.25, 0.3) is 5.91 Å². The minimum absolute atomic E-state index is 0.158. The van der Waals surface area contributed by atoms with Crippen LogP contribution in [-0.4, -0.2) is 11.1 Å². The molecule has 0 bridgehead atoms. The molecule has 0 aliphatic carbocycles. The third kappa shape index (κ3) is 2.91. The molecule has 1 unspecified atom stereocenters. The van der Waals surface area contributed by atoms with Gasteiger partial charge in [0, 0.05) is 17.0 Å². The number of furan rings is 1. The normalized spacial score (nSPS) is 12.8. The molecule has 3 rings (SSSR count). The lowest BCUT2D eigenvalue weighted by atomic mass is 10.1. The highest BCUT2D eigenvalue weighted by molar-refractivity contribution is 5.92. The monoisotopic (exact) mass is 330 g/mol. The van der Waals surface area contributed by atoms with Crippen molar-refractivity contribution in [1.82, 2.24) is 10.5 Å². The largest absolute Gasteiger partial charge is 0.459 e. The fourth-order valence-corrected chi connectivity index (χ4v) is 2.63. The molecule has 3 aromatic rings. The number of rotatable bonds is 4. The number of carbonyl (C=O) groups is 1. The van der Waals surface area contributed by atoms with E-state index in [2.05, 4.69) is 10.5 Å². The molecule has 0 aliphatic heterocycles. The summed E-state index contributed by atoms with van der Waals surface area (Å²) in [5.41, 5.74) is 2.12. The molecule has 0 spiro atoms. The van der Waals surface area contributed by atoms with Crippen molar-refractivity contribution in [1.29, 1.82) is 0 Å². The van der Waals surface area contributed by atoms with Crippen molar-refractivity contribution >= 4 is 16.9 Å². The van der Waals surface area contributed by atoms with Gasteiger partial charge in [0.2, 0.25) is 5.76 Å². The van der Waals surface area contributed by atoms with Crippen LogP contribution in [0.2, 0.25) is 0 Å². The molecule has 2 heterocycles. The summed E-state index contributed by atoms with van der Waals surface area (Å²) in [6.07, 6.45) is 0. The van der Waals surface area contributed by atoms with E-state index in [1.807, 2.05) is 20.8 Å². The Labute approximate surface area is 138 Å². The van der Waals surface area contributed by atoms with Crippen molar-refractivity contribution in [2.45, 2.75) is 39.7 Å². The number of benzene rings is 1. The van der Waals surface area contributed by atoms with Gasteiger partial charge in [-0.25, -0.2) is 4.39 Å². The molecule has 0 saturated heterocycles. The van der Waals surface area contributed by atoms with Crippen LogP contribution in [0.1, 0.15) is 60.3 Å². The van der Waals surface area contributed by atoms with Crippen LogP contribution in [0.25, 0.3) is 11.0 Å². The van der Waals surface area contributed by atoms with Gasteiger partial charge >= 0.3 is 0 Å². The van der Waals surface area contributed by atoms with Crippen molar-refractivity contribution in [3.8, 4) is 0 Å². The molecule has 0 aliphatic rings. The van der Waals surface area contributed by atoms with Crippen molar-refractivity contribution < 1.29 is 18.1 Å². The van der Waals surface area contributed by atoms with Crippen molar-refractivity contribution in [3.63, 3.8) is 0 Å². The number of hydrogen-bond acceptors (Lipinski definition) is 4. The van der Waals surface area contributed by atoms with Crippen molar-refractivity contribution in [2.24, 2.45) is 0 Å². The zero-order valence-electron chi connectivity index (χ0n) is 14.0. The molecule has 0 radical (unpaired) electrons. The van der Waals surface area contributed by atoms with E-state index in [-0.39, 0.29) is 29.4 Å². The molecular weight excluding hydrogens is 311 g/mol. The Morgan fingerprint density at radius 2 is 2.00 bits per heavy atom. The van der Waals surface area contributed by atoms with Gasteiger partial charge in [0.05, 0.1) is 11.7 Å². The highest BCUT2D eigenvalue weighted by Crippen LogP contribution is 2.30. The van der Waals surface area contributed by atoms with E-state index in [0.29, 0.717) is 16.7 Å². The van der Waals surface area contributed by atoms with E-state index in [4.69, 9.17) is 8.94 Å². The number of aromatic nitrogens is 1. The summed E-state index contributed by atoms with van der Waals surface area (Å²) < 4.78 is 24.3. The Morgan fingerprint density at radius 1 is 1.25 bits per heavy atom. The van der Waals surface area contributed by atoms with Crippen LogP contribution in [-0.2, 0) is 0 Å². The van der Waals surface area contributed by atoms with Gasteiger partial charge in [-0.1, -0.05) is 19.0 Å². The fraction of sp³-hybridized carbons (Fsp3) is 0.333. The molecule has 126 valence electrons. The van der Waals surface area contributed by atoms with Crippen LogP contribution in [0.4, 0.5) is 4.39 Å². The number of nitrogens with zero attached hydrogens (tertiary/aromatic N) is 1. The van der Waals surface area contributed by atoms with Gasteiger partial charge in [-0.3, -0.25) is 4.79 Å². The van der Waals surface area contributed by atoms with Gasteiger partial charge in [0.15, 0.2) is 0 Å². The number of hydrogen-bond donors (Lipinski definition) is 1.